The van der Waals surface area contributed by atoms with Gasteiger partial charge in [-0.05, 0) is 30.4 Å². The van der Waals surface area contributed by atoms with Crippen molar-refractivity contribution in [3.05, 3.63) is 34.6 Å². The van der Waals surface area contributed by atoms with Crippen LogP contribution in [-0.2, 0) is 17.6 Å². The van der Waals surface area contributed by atoms with E-state index in [2.05, 4.69) is 0 Å². The number of aliphatic carboxylic acids is 1. The van der Waals surface area contributed by atoms with E-state index in [9.17, 15) is 9.18 Å². The lowest BCUT2D eigenvalue weighted by atomic mass is 10.0. The van der Waals surface area contributed by atoms with Gasteiger partial charge in [0.15, 0.2) is 0 Å². The molecule has 0 heterocycles. The molecule has 15 heavy (non-hydrogen) atoms. The molecule has 3 N–H and O–H groups in total. The number of carbonyl (C=O) groups is 1. The summed E-state index contributed by atoms with van der Waals surface area (Å²) in [7, 11) is 0. The van der Waals surface area contributed by atoms with E-state index in [1.807, 2.05) is 0 Å². The van der Waals surface area contributed by atoms with Gasteiger partial charge in [0, 0.05) is 5.56 Å². The molecule has 0 amide bonds. The molecule has 0 spiro atoms. The first-order chi connectivity index (χ1) is 7.11. The molecular weight excluding hydrogens is 197 g/mol. The zero-order valence-corrected chi connectivity index (χ0v) is 8.16. The van der Waals surface area contributed by atoms with Crippen LogP contribution in [0.1, 0.15) is 29.2 Å². The highest BCUT2D eigenvalue weighted by atomic mass is 19.1. The van der Waals surface area contributed by atoms with Gasteiger partial charge in [0.1, 0.15) is 11.9 Å². The van der Waals surface area contributed by atoms with Crippen molar-refractivity contribution in [2.45, 2.75) is 25.3 Å². The van der Waals surface area contributed by atoms with Crippen LogP contribution < -0.4 is 5.73 Å². The minimum absolute atomic E-state index is 0.0863. The summed E-state index contributed by atoms with van der Waals surface area (Å²) in [6.07, 6.45) is 2.48. The fraction of sp³-hybridized carbons (Fsp3) is 0.364. The van der Waals surface area contributed by atoms with Crippen LogP contribution in [0.25, 0.3) is 0 Å². The number of fused-ring (bicyclic) bond motifs is 1. The number of hydrogen-bond acceptors (Lipinski definition) is 2. The van der Waals surface area contributed by atoms with Gasteiger partial charge in [0.2, 0.25) is 0 Å². The second kappa shape index (κ2) is 3.62. The van der Waals surface area contributed by atoms with E-state index in [0.29, 0.717) is 12.0 Å². The highest BCUT2D eigenvalue weighted by Gasteiger charge is 2.23. The zero-order valence-electron chi connectivity index (χ0n) is 8.16. The monoisotopic (exact) mass is 209 g/mol. The van der Waals surface area contributed by atoms with Gasteiger partial charge in [-0.3, -0.25) is 4.79 Å². The molecule has 0 aromatic heterocycles. The quantitative estimate of drug-likeness (QED) is 0.773. The fourth-order valence-corrected chi connectivity index (χ4v) is 2.01. The molecule has 1 aliphatic carbocycles. The largest absolute Gasteiger partial charge is 0.480 e. The van der Waals surface area contributed by atoms with Gasteiger partial charge in [-0.25, -0.2) is 4.39 Å². The maximum atomic E-state index is 13.8. The van der Waals surface area contributed by atoms with Gasteiger partial charge in [-0.1, -0.05) is 12.1 Å². The predicted octanol–water partition coefficient (Wildman–Crippen LogP) is 1.40. The Bertz CT molecular complexity index is 417. The molecule has 0 fully saturated rings. The van der Waals surface area contributed by atoms with Crippen LogP contribution in [0.4, 0.5) is 4.39 Å². The maximum Gasteiger partial charge on any atom is 0.325 e. The normalized spacial score (nSPS) is 16.1. The van der Waals surface area contributed by atoms with E-state index in [1.54, 1.807) is 6.07 Å². The third kappa shape index (κ3) is 1.61. The molecule has 1 aromatic carbocycles. The van der Waals surface area contributed by atoms with Crippen molar-refractivity contribution in [2.24, 2.45) is 5.73 Å². The Morgan fingerprint density at radius 2 is 2.20 bits per heavy atom. The molecule has 0 saturated heterocycles. The Balaban J connectivity index is 2.46. The van der Waals surface area contributed by atoms with Crippen molar-refractivity contribution in [3.63, 3.8) is 0 Å². The molecule has 2 rings (SSSR count). The van der Waals surface area contributed by atoms with E-state index in [1.165, 1.54) is 6.07 Å². The predicted molar refractivity (Wildman–Crippen MR) is 53.0 cm³/mol. The topological polar surface area (TPSA) is 63.3 Å². The minimum atomic E-state index is -1.27. The molecular formula is C11H12FNO2. The van der Waals surface area contributed by atoms with E-state index in [4.69, 9.17) is 10.8 Å². The van der Waals surface area contributed by atoms with Crippen molar-refractivity contribution in [2.75, 3.05) is 0 Å². The highest BCUT2D eigenvalue weighted by molar-refractivity contribution is 5.75. The lowest BCUT2D eigenvalue weighted by Gasteiger charge is -2.11. The SMILES string of the molecule is NC(C(=O)O)c1ccc2c(c1F)CCC2. The van der Waals surface area contributed by atoms with Gasteiger partial charge < -0.3 is 10.8 Å². The average molecular weight is 209 g/mol. The van der Waals surface area contributed by atoms with Crippen molar-refractivity contribution in [1.29, 1.82) is 0 Å². The van der Waals surface area contributed by atoms with Gasteiger partial charge in [-0.2, -0.15) is 0 Å². The zero-order chi connectivity index (χ0) is 11.0. The molecule has 1 aliphatic rings. The molecule has 1 unspecified atom stereocenters. The Hall–Kier alpha value is -1.42. The number of aryl methyl sites for hydroxylation is 1. The minimum Gasteiger partial charge on any atom is -0.480 e. The Kier molecular flexibility index (Phi) is 2.44. The Labute approximate surface area is 86.7 Å². The second-order valence-electron chi connectivity index (χ2n) is 3.78. The summed E-state index contributed by atoms with van der Waals surface area (Å²) in [5.41, 5.74) is 7.10. The van der Waals surface area contributed by atoms with Crippen molar-refractivity contribution in [3.8, 4) is 0 Å². The second-order valence-corrected chi connectivity index (χ2v) is 3.78. The number of carboxylic acids is 1. The van der Waals surface area contributed by atoms with Crippen molar-refractivity contribution >= 4 is 5.97 Å². The number of benzene rings is 1. The summed E-state index contributed by atoms with van der Waals surface area (Å²) in [5.74, 6) is -1.63. The average Bonchev–Trinajstić information content (AvgIpc) is 2.66. The molecule has 4 heteroatoms. The first-order valence-corrected chi connectivity index (χ1v) is 4.90. The van der Waals surface area contributed by atoms with Gasteiger partial charge >= 0.3 is 5.97 Å². The van der Waals surface area contributed by atoms with Gasteiger partial charge in [-0.15, -0.1) is 0 Å². The van der Waals surface area contributed by atoms with Crippen LogP contribution in [-0.4, -0.2) is 11.1 Å². The molecule has 0 aliphatic heterocycles. The van der Waals surface area contributed by atoms with Crippen molar-refractivity contribution in [1.82, 2.24) is 0 Å². The van der Waals surface area contributed by atoms with Crippen LogP contribution >= 0.6 is 0 Å². The van der Waals surface area contributed by atoms with E-state index in [-0.39, 0.29) is 5.56 Å². The lowest BCUT2D eigenvalue weighted by Crippen LogP contribution is -2.22. The summed E-state index contributed by atoms with van der Waals surface area (Å²) >= 11 is 0. The van der Waals surface area contributed by atoms with Crippen molar-refractivity contribution < 1.29 is 14.3 Å². The molecule has 3 nitrogen and oxygen atoms in total. The fourth-order valence-electron chi connectivity index (χ4n) is 2.01. The summed E-state index contributed by atoms with van der Waals surface area (Å²) in [5, 5.41) is 8.72. The van der Waals surface area contributed by atoms with E-state index >= 15 is 0 Å². The number of halogens is 1. The third-order valence-corrected chi connectivity index (χ3v) is 2.84. The maximum absolute atomic E-state index is 13.8. The summed E-state index contributed by atoms with van der Waals surface area (Å²) < 4.78 is 13.8. The van der Waals surface area contributed by atoms with E-state index in [0.717, 1.165) is 18.4 Å². The van der Waals surface area contributed by atoms with Crippen LogP contribution in [0.5, 0.6) is 0 Å². The smallest absolute Gasteiger partial charge is 0.325 e. The Morgan fingerprint density at radius 3 is 2.87 bits per heavy atom. The number of rotatable bonds is 2. The number of hydrogen-bond donors (Lipinski definition) is 2. The number of nitrogens with two attached hydrogens (primary N) is 1. The van der Waals surface area contributed by atoms with E-state index < -0.39 is 17.8 Å². The van der Waals surface area contributed by atoms with Crippen LogP contribution in [0.2, 0.25) is 0 Å². The molecule has 80 valence electrons. The van der Waals surface area contributed by atoms with Crippen LogP contribution in [0, 0.1) is 5.82 Å². The van der Waals surface area contributed by atoms with Gasteiger partial charge in [0.25, 0.3) is 0 Å². The first kappa shape index (κ1) is 10.1. The molecule has 1 aromatic rings. The Morgan fingerprint density at radius 1 is 1.47 bits per heavy atom. The van der Waals surface area contributed by atoms with Crippen LogP contribution in [0.15, 0.2) is 12.1 Å². The number of carboxylic acid groups (broad SMARTS) is 1. The summed E-state index contributed by atoms with van der Waals surface area (Å²) in [6, 6.07) is 2.00. The van der Waals surface area contributed by atoms with Crippen LogP contribution in [0.3, 0.4) is 0 Å². The molecule has 0 radical (unpaired) electrons. The molecule has 0 bridgehead atoms. The lowest BCUT2D eigenvalue weighted by molar-refractivity contribution is -0.138. The summed E-state index contributed by atoms with van der Waals surface area (Å²) in [4.78, 5) is 10.7. The molecule has 0 saturated carbocycles. The standard InChI is InChI=1S/C11H12FNO2/c12-9-7-3-1-2-6(7)4-5-8(9)10(13)11(14)15/h4-5,10H,1-3,13H2,(H,14,15). The molecule has 1 atom stereocenters. The summed E-state index contributed by atoms with van der Waals surface area (Å²) in [6.45, 7) is 0. The third-order valence-electron chi connectivity index (χ3n) is 2.84. The highest BCUT2D eigenvalue weighted by Crippen LogP contribution is 2.28. The first-order valence-electron chi connectivity index (χ1n) is 4.90. The van der Waals surface area contributed by atoms with Gasteiger partial charge in [0.05, 0.1) is 0 Å².